The molecule has 5 atom stereocenters. The second-order valence-corrected chi connectivity index (χ2v) is 13.0. The van der Waals surface area contributed by atoms with Gasteiger partial charge in [0.25, 0.3) is 3.79 Å². The molecule has 4 aromatic rings. The van der Waals surface area contributed by atoms with Crippen molar-refractivity contribution < 1.29 is 33.2 Å². The van der Waals surface area contributed by atoms with Crippen molar-refractivity contribution in [3.05, 3.63) is 144 Å². The zero-order valence-corrected chi connectivity index (χ0v) is 27.5. The summed E-state index contributed by atoms with van der Waals surface area (Å²) in [6.07, 6.45) is -5.85. The largest absolute Gasteiger partial charge is 0.459 e. The van der Waals surface area contributed by atoms with Crippen molar-refractivity contribution in [1.82, 2.24) is 0 Å². The lowest BCUT2D eigenvalue weighted by Gasteiger charge is -2.45. The highest BCUT2D eigenvalue weighted by atomic mass is 35.6. The lowest BCUT2D eigenvalue weighted by molar-refractivity contribution is -0.305. The summed E-state index contributed by atoms with van der Waals surface area (Å²) in [6, 6.07) is 37.7. The standard InChI is InChI=1S/C36H34Cl3NO7/c37-36(38,39)35(40)47-34-32(44-23-27-17-9-3-10-18-27)30(43-22-26-15-7-2-8-16-26)29(42-21-25-13-5-1-6-14-25)31(46-34)33(41)45-24-28-19-11-4-12-20-28/h1-20,29-32,34,40H,21-24H2/t29-,30-,31-,32+,34?/m0/s1. The Hall–Kier alpha value is -3.47. The predicted octanol–water partition coefficient (Wildman–Crippen LogP) is 7.57. The van der Waals surface area contributed by atoms with Crippen LogP contribution in [0.3, 0.4) is 0 Å². The van der Waals surface area contributed by atoms with Gasteiger partial charge in [0.2, 0.25) is 12.2 Å². The fourth-order valence-corrected chi connectivity index (χ4v) is 5.07. The molecule has 47 heavy (non-hydrogen) atoms. The molecule has 1 aliphatic heterocycles. The van der Waals surface area contributed by atoms with Crippen LogP contribution < -0.4 is 0 Å². The Morgan fingerprint density at radius 3 is 1.40 bits per heavy atom. The Bertz CT molecular complexity index is 1540. The molecule has 1 saturated heterocycles. The summed E-state index contributed by atoms with van der Waals surface area (Å²) in [5.41, 5.74) is 3.38. The summed E-state index contributed by atoms with van der Waals surface area (Å²) in [6.45, 7) is 0.380. The van der Waals surface area contributed by atoms with Crippen molar-refractivity contribution >= 4 is 46.7 Å². The molecular formula is C36H34Cl3NO7. The number of alkyl halides is 3. The summed E-state index contributed by atoms with van der Waals surface area (Å²) in [5.74, 6) is -1.45. The van der Waals surface area contributed by atoms with Gasteiger partial charge in [-0.3, -0.25) is 5.41 Å². The zero-order valence-electron chi connectivity index (χ0n) is 25.3. The summed E-state index contributed by atoms with van der Waals surface area (Å²) in [4.78, 5) is 13.8. The molecule has 1 fully saturated rings. The van der Waals surface area contributed by atoms with Gasteiger partial charge in [0, 0.05) is 0 Å². The van der Waals surface area contributed by atoms with Crippen molar-refractivity contribution in [2.24, 2.45) is 0 Å². The van der Waals surface area contributed by atoms with Crippen LogP contribution in [0.1, 0.15) is 22.3 Å². The zero-order chi connectivity index (χ0) is 33.1. The first-order valence-corrected chi connectivity index (χ1v) is 16.1. The van der Waals surface area contributed by atoms with E-state index in [1.54, 1.807) is 0 Å². The van der Waals surface area contributed by atoms with E-state index in [4.69, 9.17) is 68.6 Å². The van der Waals surface area contributed by atoms with E-state index in [0.717, 1.165) is 22.3 Å². The van der Waals surface area contributed by atoms with Gasteiger partial charge in [0.05, 0.1) is 19.8 Å². The molecule has 0 saturated carbocycles. The Kier molecular flexibility index (Phi) is 12.7. The maximum Gasteiger partial charge on any atom is 0.338 e. The molecule has 5 rings (SSSR count). The second kappa shape index (κ2) is 17.1. The molecule has 4 aromatic carbocycles. The highest BCUT2D eigenvalue weighted by molar-refractivity contribution is 6.76. The van der Waals surface area contributed by atoms with Crippen LogP contribution in [0.5, 0.6) is 0 Å². The first-order chi connectivity index (χ1) is 22.8. The van der Waals surface area contributed by atoms with Gasteiger partial charge >= 0.3 is 5.97 Å². The topological polar surface area (TPSA) is 96.3 Å². The van der Waals surface area contributed by atoms with Gasteiger partial charge in [-0.05, 0) is 22.3 Å². The van der Waals surface area contributed by atoms with Gasteiger partial charge < -0.3 is 28.4 Å². The third-order valence-electron chi connectivity index (χ3n) is 7.30. The van der Waals surface area contributed by atoms with E-state index in [0.29, 0.717) is 0 Å². The fourth-order valence-electron chi connectivity index (χ4n) is 4.94. The minimum absolute atomic E-state index is 0.0100. The second-order valence-electron chi connectivity index (χ2n) is 10.7. The van der Waals surface area contributed by atoms with E-state index in [2.05, 4.69) is 0 Å². The number of esters is 1. The van der Waals surface area contributed by atoms with Crippen LogP contribution in [-0.4, -0.2) is 46.4 Å². The van der Waals surface area contributed by atoms with Gasteiger partial charge in [-0.2, -0.15) is 0 Å². The van der Waals surface area contributed by atoms with Crippen molar-refractivity contribution in [2.75, 3.05) is 0 Å². The number of rotatable bonds is 13. The number of hydrogen-bond donors (Lipinski definition) is 1. The normalized spacial score (nSPS) is 21.1. The van der Waals surface area contributed by atoms with Crippen LogP contribution >= 0.6 is 34.8 Å². The van der Waals surface area contributed by atoms with Gasteiger partial charge in [-0.1, -0.05) is 156 Å². The van der Waals surface area contributed by atoms with Crippen LogP contribution in [0.25, 0.3) is 0 Å². The molecule has 8 nitrogen and oxygen atoms in total. The minimum atomic E-state index is -2.21. The number of carbonyl (C=O) groups excluding carboxylic acids is 1. The summed E-state index contributed by atoms with van der Waals surface area (Å²) >= 11 is 18.0. The molecule has 0 spiro atoms. The number of benzene rings is 4. The van der Waals surface area contributed by atoms with E-state index in [1.165, 1.54) is 0 Å². The Morgan fingerprint density at radius 2 is 0.979 bits per heavy atom. The molecule has 0 aromatic heterocycles. The van der Waals surface area contributed by atoms with Crippen LogP contribution in [0.15, 0.2) is 121 Å². The van der Waals surface area contributed by atoms with Crippen molar-refractivity contribution in [1.29, 1.82) is 5.41 Å². The fraction of sp³-hybridized carbons (Fsp3) is 0.278. The molecule has 1 heterocycles. The van der Waals surface area contributed by atoms with Crippen LogP contribution in [0, 0.1) is 5.41 Å². The van der Waals surface area contributed by atoms with E-state index >= 15 is 0 Å². The monoisotopic (exact) mass is 697 g/mol. The number of carbonyl (C=O) groups is 1. The van der Waals surface area contributed by atoms with Crippen LogP contribution in [0.4, 0.5) is 0 Å². The third-order valence-corrected chi connectivity index (χ3v) is 7.81. The Labute approximate surface area is 288 Å². The van der Waals surface area contributed by atoms with Crippen molar-refractivity contribution in [3.63, 3.8) is 0 Å². The lowest BCUT2D eigenvalue weighted by Crippen LogP contribution is -2.63. The lowest BCUT2D eigenvalue weighted by atomic mass is 9.97. The van der Waals surface area contributed by atoms with Gasteiger partial charge in [-0.25, -0.2) is 4.79 Å². The molecular weight excluding hydrogens is 665 g/mol. The maximum absolute atomic E-state index is 13.8. The Morgan fingerprint density at radius 1 is 0.596 bits per heavy atom. The van der Waals surface area contributed by atoms with E-state index < -0.39 is 46.4 Å². The average Bonchev–Trinajstić information content (AvgIpc) is 3.09. The Balaban J connectivity index is 1.50. The van der Waals surface area contributed by atoms with Crippen LogP contribution in [0.2, 0.25) is 0 Å². The molecule has 0 aliphatic carbocycles. The van der Waals surface area contributed by atoms with Crippen molar-refractivity contribution in [2.45, 2.75) is 60.9 Å². The maximum atomic E-state index is 13.8. The SMILES string of the molecule is N=C(OC1O[C@H](C(=O)OCc2ccccc2)[C@@H](OCc2ccccc2)[C@H](OCc2ccccc2)[C@H]1OCc1ccccc1)C(Cl)(Cl)Cl. The number of halogens is 3. The molecule has 0 bridgehead atoms. The minimum Gasteiger partial charge on any atom is -0.459 e. The summed E-state index contributed by atoms with van der Waals surface area (Å²) in [7, 11) is 0. The van der Waals surface area contributed by atoms with Gasteiger partial charge in [0.1, 0.15) is 24.9 Å². The molecule has 1 unspecified atom stereocenters. The first kappa shape index (κ1) is 34.9. The van der Waals surface area contributed by atoms with Gasteiger partial charge in [0.15, 0.2) is 6.10 Å². The molecule has 1 aliphatic rings. The van der Waals surface area contributed by atoms with Crippen molar-refractivity contribution in [3.8, 4) is 0 Å². The van der Waals surface area contributed by atoms with E-state index in [1.807, 2.05) is 121 Å². The molecule has 11 heteroatoms. The van der Waals surface area contributed by atoms with E-state index in [9.17, 15) is 4.79 Å². The number of hydrogen-bond acceptors (Lipinski definition) is 8. The summed E-state index contributed by atoms with van der Waals surface area (Å²) in [5, 5.41) is 8.33. The number of nitrogens with one attached hydrogen (secondary N) is 1. The highest BCUT2D eigenvalue weighted by Crippen LogP contribution is 2.35. The smallest absolute Gasteiger partial charge is 0.338 e. The first-order valence-electron chi connectivity index (χ1n) is 14.9. The molecule has 0 radical (unpaired) electrons. The predicted molar refractivity (Wildman–Crippen MR) is 179 cm³/mol. The molecule has 246 valence electrons. The van der Waals surface area contributed by atoms with Gasteiger partial charge in [-0.15, -0.1) is 0 Å². The molecule has 0 amide bonds. The third kappa shape index (κ3) is 10.3. The summed E-state index contributed by atoms with van der Waals surface area (Å²) < 4.78 is 34.9. The quantitative estimate of drug-likeness (QED) is 0.0666. The number of ether oxygens (including phenoxy) is 6. The van der Waals surface area contributed by atoms with E-state index in [-0.39, 0.29) is 26.4 Å². The highest BCUT2D eigenvalue weighted by Gasteiger charge is 2.53. The molecule has 1 N–H and O–H groups in total. The average molecular weight is 699 g/mol. The van der Waals surface area contributed by atoms with Crippen LogP contribution in [-0.2, 0) is 59.6 Å².